The first-order valence-corrected chi connectivity index (χ1v) is 5.33. The lowest BCUT2D eigenvalue weighted by Crippen LogP contribution is -1.99. The van der Waals surface area contributed by atoms with Crippen LogP contribution < -0.4 is 0 Å². The van der Waals surface area contributed by atoms with Gasteiger partial charge in [-0.05, 0) is 5.56 Å². The van der Waals surface area contributed by atoms with E-state index in [-0.39, 0.29) is 5.88 Å². The van der Waals surface area contributed by atoms with Gasteiger partial charge in [-0.1, -0.05) is 30.3 Å². The van der Waals surface area contributed by atoms with Crippen LogP contribution >= 0.6 is 11.8 Å². The third-order valence-corrected chi connectivity index (χ3v) is 2.53. The van der Waals surface area contributed by atoms with E-state index in [1.165, 1.54) is 24.3 Å². The van der Waals surface area contributed by atoms with Crippen molar-refractivity contribution in [2.75, 3.05) is 7.11 Å². The predicted octanol–water partition coefficient (Wildman–Crippen LogP) is 2.64. The highest BCUT2D eigenvalue weighted by molar-refractivity contribution is 8.01. The first kappa shape index (κ1) is 11.6. The third-order valence-electron chi connectivity index (χ3n) is 1.67. The molecule has 1 aromatic carbocycles. The van der Waals surface area contributed by atoms with Crippen LogP contribution in [0.25, 0.3) is 0 Å². The molecule has 0 saturated heterocycles. The van der Waals surface area contributed by atoms with Crippen molar-refractivity contribution in [1.29, 1.82) is 0 Å². The number of hydrogen-bond acceptors (Lipinski definition) is 4. The van der Waals surface area contributed by atoms with Gasteiger partial charge >= 0.3 is 5.88 Å². The lowest BCUT2D eigenvalue weighted by Gasteiger charge is -1.97. The molecule has 0 bridgehead atoms. The van der Waals surface area contributed by atoms with Crippen molar-refractivity contribution in [2.45, 2.75) is 5.75 Å². The number of benzene rings is 1. The van der Waals surface area contributed by atoms with Gasteiger partial charge in [0.25, 0.3) is 0 Å². The summed E-state index contributed by atoms with van der Waals surface area (Å²) in [4.78, 5) is 9.83. The summed E-state index contributed by atoms with van der Waals surface area (Å²) in [6.07, 6.45) is 0. The number of nitro groups is 1. The van der Waals surface area contributed by atoms with E-state index >= 15 is 0 Å². The molecule has 5 heteroatoms. The molecule has 0 aliphatic rings. The molecule has 0 aliphatic heterocycles. The molecule has 0 spiro atoms. The SMILES string of the molecule is COC(=CSCc1ccccc1)[N+](=O)[O-]. The molecule has 0 radical (unpaired) electrons. The molecule has 0 aliphatic carbocycles. The first-order valence-electron chi connectivity index (χ1n) is 4.28. The number of ether oxygens (including phenoxy) is 1. The zero-order valence-corrected chi connectivity index (χ0v) is 9.07. The van der Waals surface area contributed by atoms with Gasteiger partial charge in [0, 0.05) is 5.75 Å². The quantitative estimate of drug-likeness (QED) is 0.439. The molecule has 0 atom stereocenters. The highest BCUT2D eigenvalue weighted by atomic mass is 32.2. The Balaban J connectivity index is 2.48. The Morgan fingerprint density at radius 1 is 1.53 bits per heavy atom. The van der Waals surface area contributed by atoms with Gasteiger partial charge in [0.2, 0.25) is 0 Å². The normalized spacial score (nSPS) is 11.1. The van der Waals surface area contributed by atoms with E-state index in [1.807, 2.05) is 30.3 Å². The van der Waals surface area contributed by atoms with Gasteiger partial charge < -0.3 is 4.74 Å². The Labute approximate surface area is 92.1 Å². The second-order valence-corrected chi connectivity index (χ2v) is 3.57. The van der Waals surface area contributed by atoms with E-state index in [9.17, 15) is 10.1 Å². The molecule has 0 amide bonds. The van der Waals surface area contributed by atoms with Gasteiger partial charge in [-0.25, -0.2) is 0 Å². The minimum absolute atomic E-state index is 0.226. The van der Waals surface area contributed by atoms with Crippen molar-refractivity contribution < 1.29 is 9.66 Å². The summed E-state index contributed by atoms with van der Waals surface area (Å²) >= 11 is 1.34. The Morgan fingerprint density at radius 3 is 2.73 bits per heavy atom. The topological polar surface area (TPSA) is 52.4 Å². The van der Waals surface area contributed by atoms with E-state index in [0.717, 1.165) is 5.56 Å². The van der Waals surface area contributed by atoms with E-state index in [2.05, 4.69) is 4.74 Å². The summed E-state index contributed by atoms with van der Waals surface area (Å²) in [7, 11) is 1.29. The van der Waals surface area contributed by atoms with Gasteiger partial charge in [-0.15, -0.1) is 11.8 Å². The Bertz CT molecular complexity index is 351. The van der Waals surface area contributed by atoms with Crippen LogP contribution in [0, 0.1) is 10.1 Å². The highest BCUT2D eigenvalue weighted by Gasteiger charge is 2.08. The highest BCUT2D eigenvalue weighted by Crippen LogP contribution is 2.15. The second kappa shape index (κ2) is 6.08. The number of thioether (sulfide) groups is 1. The van der Waals surface area contributed by atoms with Crippen LogP contribution in [0.15, 0.2) is 41.6 Å². The van der Waals surface area contributed by atoms with Gasteiger partial charge in [-0.2, -0.15) is 0 Å². The predicted molar refractivity (Wildman–Crippen MR) is 59.8 cm³/mol. The average Bonchev–Trinajstić information content (AvgIpc) is 2.25. The Hall–Kier alpha value is -1.49. The molecule has 0 unspecified atom stereocenters. The van der Waals surface area contributed by atoms with Gasteiger partial charge in [-0.3, -0.25) is 10.1 Å². The molecular formula is C10H11NO3S. The Kier molecular flexibility index (Phi) is 4.70. The van der Waals surface area contributed by atoms with Crippen LogP contribution in [0.4, 0.5) is 0 Å². The summed E-state index contributed by atoms with van der Waals surface area (Å²) in [5.41, 5.74) is 1.12. The van der Waals surface area contributed by atoms with E-state index in [4.69, 9.17) is 0 Å². The van der Waals surface area contributed by atoms with Gasteiger partial charge in [0.1, 0.15) is 4.92 Å². The van der Waals surface area contributed by atoms with Crippen molar-refractivity contribution in [2.24, 2.45) is 0 Å². The maximum atomic E-state index is 10.4. The summed E-state index contributed by atoms with van der Waals surface area (Å²) in [5.74, 6) is 0.470. The zero-order valence-electron chi connectivity index (χ0n) is 8.25. The molecule has 15 heavy (non-hydrogen) atoms. The molecule has 80 valence electrons. The van der Waals surface area contributed by atoms with Crippen LogP contribution in [0.1, 0.15) is 5.56 Å². The lowest BCUT2D eigenvalue weighted by molar-refractivity contribution is -0.460. The molecule has 4 nitrogen and oxygen atoms in total. The lowest BCUT2D eigenvalue weighted by atomic mass is 10.2. The molecular weight excluding hydrogens is 214 g/mol. The summed E-state index contributed by atoms with van der Waals surface area (Å²) in [6, 6.07) is 9.75. The zero-order chi connectivity index (χ0) is 11.1. The maximum absolute atomic E-state index is 10.4. The summed E-state index contributed by atoms with van der Waals surface area (Å²) in [5, 5.41) is 11.8. The van der Waals surface area contributed by atoms with Crippen LogP contribution in [0.3, 0.4) is 0 Å². The molecule has 1 rings (SSSR count). The van der Waals surface area contributed by atoms with E-state index in [0.29, 0.717) is 5.75 Å². The van der Waals surface area contributed by atoms with Gasteiger partial charge in [0.15, 0.2) is 0 Å². The maximum Gasteiger partial charge on any atom is 0.434 e. The van der Waals surface area contributed by atoms with Crippen LogP contribution in [0.5, 0.6) is 0 Å². The van der Waals surface area contributed by atoms with Gasteiger partial charge in [0.05, 0.1) is 12.5 Å². The fourth-order valence-corrected chi connectivity index (χ4v) is 1.74. The van der Waals surface area contributed by atoms with Crippen molar-refractivity contribution >= 4 is 11.8 Å². The number of methoxy groups -OCH3 is 1. The first-order chi connectivity index (χ1) is 7.24. The standard InChI is InChI=1S/C10H11NO3S/c1-14-10(11(12)13)8-15-7-9-5-3-2-4-6-9/h2-6,8H,7H2,1H3. The van der Waals surface area contributed by atoms with Crippen LogP contribution in [-0.4, -0.2) is 12.0 Å². The molecule has 1 aromatic rings. The third kappa shape index (κ3) is 4.03. The minimum atomic E-state index is -0.544. The molecule has 0 aromatic heterocycles. The number of rotatable bonds is 5. The summed E-state index contributed by atoms with van der Waals surface area (Å²) in [6.45, 7) is 0. The second-order valence-electron chi connectivity index (χ2n) is 2.71. The number of nitrogens with zero attached hydrogens (tertiary/aromatic N) is 1. The van der Waals surface area contributed by atoms with Crippen molar-refractivity contribution in [3.63, 3.8) is 0 Å². The van der Waals surface area contributed by atoms with Crippen molar-refractivity contribution in [1.82, 2.24) is 0 Å². The van der Waals surface area contributed by atoms with E-state index in [1.54, 1.807) is 0 Å². The van der Waals surface area contributed by atoms with Crippen LogP contribution in [-0.2, 0) is 10.5 Å². The summed E-state index contributed by atoms with van der Waals surface area (Å²) < 4.78 is 4.59. The molecule has 0 N–H and O–H groups in total. The average molecular weight is 225 g/mol. The minimum Gasteiger partial charge on any atom is -0.444 e. The fourth-order valence-electron chi connectivity index (χ4n) is 0.949. The van der Waals surface area contributed by atoms with Crippen molar-refractivity contribution in [3.8, 4) is 0 Å². The van der Waals surface area contributed by atoms with Crippen molar-refractivity contribution in [3.05, 3.63) is 57.3 Å². The molecule has 0 heterocycles. The van der Waals surface area contributed by atoms with Crippen LogP contribution in [0.2, 0.25) is 0 Å². The monoisotopic (exact) mass is 225 g/mol. The Morgan fingerprint density at radius 2 is 2.20 bits per heavy atom. The molecule has 0 fully saturated rings. The number of hydrogen-bond donors (Lipinski definition) is 0. The fraction of sp³-hybridized carbons (Fsp3) is 0.200. The smallest absolute Gasteiger partial charge is 0.434 e. The largest absolute Gasteiger partial charge is 0.444 e. The molecule has 0 saturated carbocycles. The van der Waals surface area contributed by atoms with E-state index < -0.39 is 4.92 Å².